The van der Waals surface area contributed by atoms with Crippen LogP contribution in [0.1, 0.15) is 17.3 Å². The molecule has 0 atom stereocenters. The molecule has 2 rings (SSSR count). The van der Waals surface area contributed by atoms with Crippen LogP contribution in [0.15, 0.2) is 16.7 Å². The zero-order chi connectivity index (χ0) is 15.2. The van der Waals surface area contributed by atoms with E-state index in [1.165, 1.54) is 0 Å². The van der Waals surface area contributed by atoms with Crippen LogP contribution in [0.25, 0.3) is 0 Å². The molecule has 0 radical (unpaired) electrons. The summed E-state index contributed by atoms with van der Waals surface area (Å²) in [5.74, 6) is 3.02. The SMILES string of the molecule is COc1ccc(CNCc2nc(C)no2)c(OC)c1OC. The fourth-order valence-electron chi connectivity index (χ4n) is 2.02. The van der Waals surface area contributed by atoms with E-state index in [0.29, 0.717) is 42.1 Å². The summed E-state index contributed by atoms with van der Waals surface area (Å²) < 4.78 is 21.1. The summed E-state index contributed by atoms with van der Waals surface area (Å²) in [4.78, 5) is 4.13. The van der Waals surface area contributed by atoms with Gasteiger partial charge in [0, 0.05) is 12.1 Å². The zero-order valence-electron chi connectivity index (χ0n) is 12.6. The third kappa shape index (κ3) is 3.43. The number of aryl methyl sites for hydroxylation is 1. The smallest absolute Gasteiger partial charge is 0.240 e. The third-order valence-corrected chi connectivity index (χ3v) is 2.95. The summed E-state index contributed by atoms with van der Waals surface area (Å²) in [6.45, 7) is 2.84. The van der Waals surface area contributed by atoms with Crippen molar-refractivity contribution in [3.05, 3.63) is 29.4 Å². The zero-order valence-corrected chi connectivity index (χ0v) is 12.6. The Morgan fingerprint density at radius 2 is 1.81 bits per heavy atom. The van der Waals surface area contributed by atoms with Gasteiger partial charge in [-0.05, 0) is 13.0 Å². The van der Waals surface area contributed by atoms with E-state index in [1.807, 2.05) is 12.1 Å². The second-order valence-corrected chi connectivity index (χ2v) is 4.33. The molecule has 7 heteroatoms. The monoisotopic (exact) mass is 293 g/mol. The Labute approximate surface area is 123 Å². The van der Waals surface area contributed by atoms with E-state index in [0.717, 1.165) is 5.56 Å². The quantitative estimate of drug-likeness (QED) is 0.832. The lowest BCUT2D eigenvalue weighted by Gasteiger charge is -2.15. The molecule has 0 saturated carbocycles. The number of aromatic nitrogens is 2. The predicted molar refractivity (Wildman–Crippen MR) is 75.7 cm³/mol. The first-order valence-electron chi connectivity index (χ1n) is 6.47. The normalized spacial score (nSPS) is 10.5. The number of hydrogen-bond donors (Lipinski definition) is 1. The van der Waals surface area contributed by atoms with Gasteiger partial charge in [-0.1, -0.05) is 11.2 Å². The van der Waals surface area contributed by atoms with Crippen molar-refractivity contribution in [2.24, 2.45) is 0 Å². The average molecular weight is 293 g/mol. The van der Waals surface area contributed by atoms with E-state index in [9.17, 15) is 0 Å². The number of hydrogen-bond acceptors (Lipinski definition) is 7. The van der Waals surface area contributed by atoms with Crippen LogP contribution < -0.4 is 19.5 Å². The fourth-order valence-corrected chi connectivity index (χ4v) is 2.02. The molecular formula is C14H19N3O4. The van der Waals surface area contributed by atoms with E-state index in [4.69, 9.17) is 18.7 Å². The van der Waals surface area contributed by atoms with Gasteiger partial charge in [0.2, 0.25) is 11.6 Å². The van der Waals surface area contributed by atoms with Gasteiger partial charge in [-0.25, -0.2) is 0 Å². The fraction of sp³-hybridized carbons (Fsp3) is 0.429. The Balaban J connectivity index is 2.08. The molecule has 0 aliphatic carbocycles. The lowest BCUT2D eigenvalue weighted by atomic mass is 10.1. The van der Waals surface area contributed by atoms with E-state index in [2.05, 4.69) is 15.5 Å². The van der Waals surface area contributed by atoms with Crippen molar-refractivity contribution in [3.8, 4) is 17.2 Å². The molecule has 0 aliphatic rings. The molecule has 0 amide bonds. The van der Waals surface area contributed by atoms with Gasteiger partial charge in [-0.15, -0.1) is 0 Å². The van der Waals surface area contributed by atoms with Crippen molar-refractivity contribution < 1.29 is 18.7 Å². The second kappa shape index (κ2) is 6.94. The molecule has 0 spiro atoms. The van der Waals surface area contributed by atoms with Gasteiger partial charge in [-0.2, -0.15) is 4.98 Å². The summed E-state index contributed by atoms with van der Waals surface area (Å²) in [5.41, 5.74) is 0.950. The Morgan fingerprint density at radius 1 is 1.05 bits per heavy atom. The molecule has 0 unspecified atom stereocenters. The van der Waals surface area contributed by atoms with Crippen molar-refractivity contribution in [2.45, 2.75) is 20.0 Å². The molecule has 21 heavy (non-hydrogen) atoms. The first-order valence-corrected chi connectivity index (χ1v) is 6.47. The molecule has 0 saturated heterocycles. The highest BCUT2D eigenvalue weighted by molar-refractivity contribution is 5.55. The molecule has 2 aromatic rings. The van der Waals surface area contributed by atoms with Crippen LogP contribution in [0, 0.1) is 6.92 Å². The molecule has 0 aliphatic heterocycles. The Morgan fingerprint density at radius 3 is 2.38 bits per heavy atom. The molecular weight excluding hydrogens is 274 g/mol. The molecule has 7 nitrogen and oxygen atoms in total. The standard InChI is InChI=1S/C14H19N3O4/c1-9-16-12(21-17-9)8-15-7-10-5-6-11(18-2)14(20-4)13(10)19-3/h5-6,15H,7-8H2,1-4H3. The molecule has 1 N–H and O–H groups in total. The maximum absolute atomic E-state index is 5.42. The topological polar surface area (TPSA) is 78.6 Å². The van der Waals surface area contributed by atoms with E-state index in [1.54, 1.807) is 28.3 Å². The highest BCUT2D eigenvalue weighted by atomic mass is 16.5. The predicted octanol–water partition coefficient (Wildman–Crippen LogP) is 1.69. The summed E-state index contributed by atoms with van der Waals surface area (Å²) in [6, 6.07) is 3.77. The first kappa shape index (κ1) is 15.1. The molecule has 114 valence electrons. The summed E-state index contributed by atoms with van der Waals surface area (Å²) >= 11 is 0. The number of nitrogens with zero attached hydrogens (tertiary/aromatic N) is 2. The van der Waals surface area contributed by atoms with Gasteiger partial charge in [-0.3, -0.25) is 0 Å². The van der Waals surface area contributed by atoms with Gasteiger partial charge in [0.05, 0.1) is 27.9 Å². The summed E-state index contributed by atoms with van der Waals surface area (Å²) in [6.07, 6.45) is 0. The number of benzene rings is 1. The maximum Gasteiger partial charge on any atom is 0.240 e. The van der Waals surface area contributed by atoms with Crippen molar-refractivity contribution in [1.82, 2.24) is 15.5 Å². The number of nitrogens with one attached hydrogen (secondary N) is 1. The second-order valence-electron chi connectivity index (χ2n) is 4.33. The first-order chi connectivity index (χ1) is 10.2. The molecule has 1 aromatic carbocycles. The highest BCUT2D eigenvalue weighted by Gasteiger charge is 2.15. The van der Waals surface area contributed by atoms with Crippen molar-refractivity contribution in [2.75, 3.05) is 21.3 Å². The van der Waals surface area contributed by atoms with Crippen LogP contribution in [0.5, 0.6) is 17.2 Å². The van der Waals surface area contributed by atoms with Crippen LogP contribution in [0.2, 0.25) is 0 Å². The minimum atomic E-state index is 0.484. The Bertz CT molecular complexity index is 598. The highest BCUT2D eigenvalue weighted by Crippen LogP contribution is 2.39. The average Bonchev–Trinajstić information content (AvgIpc) is 2.91. The number of methoxy groups -OCH3 is 3. The van der Waals surface area contributed by atoms with Crippen LogP contribution in [-0.4, -0.2) is 31.5 Å². The molecule has 0 fully saturated rings. The van der Waals surface area contributed by atoms with Crippen molar-refractivity contribution in [3.63, 3.8) is 0 Å². The van der Waals surface area contributed by atoms with E-state index < -0.39 is 0 Å². The molecule has 0 bridgehead atoms. The van der Waals surface area contributed by atoms with Gasteiger partial charge in [0.15, 0.2) is 17.3 Å². The minimum Gasteiger partial charge on any atom is -0.493 e. The van der Waals surface area contributed by atoms with E-state index >= 15 is 0 Å². The van der Waals surface area contributed by atoms with E-state index in [-0.39, 0.29) is 0 Å². The van der Waals surface area contributed by atoms with Crippen LogP contribution in [0.4, 0.5) is 0 Å². The largest absolute Gasteiger partial charge is 0.493 e. The Hall–Kier alpha value is -2.28. The number of rotatable bonds is 7. The van der Waals surface area contributed by atoms with Gasteiger partial charge < -0.3 is 24.1 Å². The van der Waals surface area contributed by atoms with Crippen LogP contribution in [0.3, 0.4) is 0 Å². The summed E-state index contributed by atoms with van der Waals surface area (Å²) in [7, 11) is 4.77. The van der Waals surface area contributed by atoms with Crippen molar-refractivity contribution >= 4 is 0 Å². The summed E-state index contributed by atoms with van der Waals surface area (Å²) in [5, 5.41) is 6.96. The van der Waals surface area contributed by atoms with Gasteiger partial charge in [0.1, 0.15) is 0 Å². The minimum absolute atomic E-state index is 0.484. The van der Waals surface area contributed by atoms with Crippen molar-refractivity contribution in [1.29, 1.82) is 0 Å². The molecule has 1 heterocycles. The van der Waals surface area contributed by atoms with Gasteiger partial charge >= 0.3 is 0 Å². The Kier molecular flexibility index (Phi) is 4.99. The maximum atomic E-state index is 5.42. The van der Waals surface area contributed by atoms with Gasteiger partial charge in [0.25, 0.3) is 0 Å². The van der Waals surface area contributed by atoms with Crippen LogP contribution in [-0.2, 0) is 13.1 Å². The van der Waals surface area contributed by atoms with Crippen LogP contribution >= 0.6 is 0 Å². The lowest BCUT2D eigenvalue weighted by Crippen LogP contribution is -2.14. The molecule has 1 aromatic heterocycles. The number of ether oxygens (including phenoxy) is 3. The third-order valence-electron chi connectivity index (χ3n) is 2.95. The lowest BCUT2D eigenvalue weighted by molar-refractivity contribution is 0.321.